The molecule has 0 saturated heterocycles. The van der Waals surface area contributed by atoms with Crippen molar-refractivity contribution in [1.82, 2.24) is 19.9 Å². The number of nitrogens with one attached hydrogen (secondary N) is 1. The van der Waals surface area contributed by atoms with Gasteiger partial charge in [-0.05, 0) is 32.9 Å². The molecule has 2 heterocycles. The Bertz CT molecular complexity index is 958. The average Bonchev–Trinajstić information content (AvgIpc) is 3.27. The molecule has 0 aliphatic rings. The molecule has 8 nitrogen and oxygen atoms in total. The molecule has 1 N–H and O–H groups in total. The van der Waals surface area contributed by atoms with Crippen molar-refractivity contribution in [2.24, 2.45) is 0 Å². The van der Waals surface area contributed by atoms with E-state index < -0.39 is 0 Å². The van der Waals surface area contributed by atoms with Crippen LogP contribution >= 0.6 is 23.4 Å². The van der Waals surface area contributed by atoms with Crippen molar-refractivity contribution >= 4 is 35.1 Å². The second kappa shape index (κ2) is 9.11. The molecule has 0 fully saturated rings. The maximum atomic E-state index is 12.1. The predicted octanol–water partition coefficient (Wildman–Crippen LogP) is 4.12. The number of rotatable bonds is 8. The van der Waals surface area contributed by atoms with Crippen LogP contribution < -0.4 is 10.1 Å². The van der Waals surface area contributed by atoms with E-state index in [9.17, 15) is 4.79 Å². The third kappa shape index (κ3) is 4.85. The van der Waals surface area contributed by atoms with E-state index in [2.05, 4.69) is 20.7 Å². The third-order valence-electron chi connectivity index (χ3n) is 3.79. The predicted molar refractivity (Wildman–Crippen MR) is 107 cm³/mol. The molecule has 1 atom stereocenters. The molecule has 0 aliphatic carbocycles. The van der Waals surface area contributed by atoms with Gasteiger partial charge in [0.2, 0.25) is 5.91 Å². The van der Waals surface area contributed by atoms with Crippen LogP contribution in [0.4, 0.5) is 5.82 Å². The number of ether oxygens (including phenoxy) is 1. The Hall–Kier alpha value is -2.52. The molecule has 3 aromatic rings. The first kappa shape index (κ1) is 20.2. The van der Waals surface area contributed by atoms with Crippen LogP contribution in [-0.4, -0.2) is 31.6 Å². The number of benzene rings is 1. The Labute approximate surface area is 171 Å². The maximum Gasteiger partial charge on any atom is 0.236 e. The molecule has 0 saturated carbocycles. The van der Waals surface area contributed by atoms with Gasteiger partial charge in [0.05, 0.1) is 10.8 Å². The van der Waals surface area contributed by atoms with E-state index >= 15 is 0 Å². The molecule has 148 valence electrons. The van der Waals surface area contributed by atoms with Gasteiger partial charge >= 0.3 is 0 Å². The first-order valence-corrected chi connectivity index (χ1v) is 10.0. The highest BCUT2D eigenvalue weighted by Gasteiger charge is 2.20. The van der Waals surface area contributed by atoms with Crippen LogP contribution in [0.1, 0.15) is 31.5 Å². The fourth-order valence-corrected chi connectivity index (χ4v) is 3.51. The van der Waals surface area contributed by atoms with Gasteiger partial charge in [-0.1, -0.05) is 40.7 Å². The van der Waals surface area contributed by atoms with Crippen molar-refractivity contribution in [2.45, 2.75) is 38.6 Å². The van der Waals surface area contributed by atoms with E-state index in [4.69, 9.17) is 20.9 Å². The smallest absolute Gasteiger partial charge is 0.236 e. The van der Waals surface area contributed by atoms with Gasteiger partial charge in [-0.15, -0.1) is 10.2 Å². The zero-order chi connectivity index (χ0) is 20.1. The van der Waals surface area contributed by atoms with Crippen LogP contribution in [-0.2, 0) is 11.3 Å². The molecular formula is C18H20ClN5O3S. The van der Waals surface area contributed by atoms with Crippen molar-refractivity contribution < 1.29 is 14.1 Å². The summed E-state index contributed by atoms with van der Waals surface area (Å²) in [6.07, 6.45) is -0.353. The third-order valence-corrected chi connectivity index (χ3v) is 5.07. The molecule has 0 aliphatic heterocycles. The summed E-state index contributed by atoms with van der Waals surface area (Å²) >= 11 is 7.45. The summed E-state index contributed by atoms with van der Waals surface area (Å²) in [7, 11) is 0. The van der Waals surface area contributed by atoms with Crippen LogP contribution in [0.2, 0.25) is 5.02 Å². The number of aryl methyl sites for hydroxylation is 1. The largest absolute Gasteiger partial charge is 0.481 e. The van der Waals surface area contributed by atoms with Gasteiger partial charge in [-0.25, -0.2) is 0 Å². The highest BCUT2D eigenvalue weighted by molar-refractivity contribution is 7.99. The van der Waals surface area contributed by atoms with E-state index in [-0.39, 0.29) is 17.8 Å². The SMILES string of the molecule is CCn1c(SCC(=O)Nc2cc(C)on2)nnc1C(C)Oc1ccccc1Cl. The maximum absolute atomic E-state index is 12.1. The van der Waals surface area contributed by atoms with Gasteiger partial charge in [0.1, 0.15) is 11.5 Å². The zero-order valence-corrected chi connectivity index (χ0v) is 17.3. The number of hydrogen-bond donors (Lipinski definition) is 1. The lowest BCUT2D eigenvalue weighted by atomic mass is 10.3. The molecule has 1 aromatic carbocycles. The van der Waals surface area contributed by atoms with Crippen LogP contribution in [0, 0.1) is 6.92 Å². The summed E-state index contributed by atoms with van der Waals surface area (Å²) in [6.45, 7) is 6.27. The highest BCUT2D eigenvalue weighted by atomic mass is 35.5. The minimum Gasteiger partial charge on any atom is -0.481 e. The zero-order valence-electron chi connectivity index (χ0n) is 15.7. The molecule has 1 unspecified atom stereocenters. The highest BCUT2D eigenvalue weighted by Crippen LogP contribution is 2.29. The standard InChI is InChI=1S/C18H20ClN5O3S/c1-4-24-17(12(3)26-14-8-6-5-7-13(14)19)21-22-18(24)28-10-16(25)20-15-9-11(2)27-23-15/h5-9,12H,4,10H2,1-3H3,(H,20,23,25). The van der Waals surface area contributed by atoms with Crippen LogP contribution in [0.25, 0.3) is 0 Å². The molecule has 0 bridgehead atoms. The van der Waals surface area contributed by atoms with E-state index in [0.29, 0.717) is 39.9 Å². The van der Waals surface area contributed by atoms with E-state index in [0.717, 1.165) is 0 Å². The summed E-state index contributed by atoms with van der Waals surface area (Å²) in [5, 5.41) is 16.0. The molecule has 0 radical (unpaired) electrons. The Morgan fingerprint density at radius 3 is 2.86 bits per heavy atom. The van der Waals surface area contributed by atoms with E-state index in [1.165, 1.54) is 11.8 Å². The molecule has 28 heavy (non-hydrogen) atoms. The van der Waals surface area contributed by atoms with Gasteiger partial charge in [-0.2, -0.15) is 0 Å². The lowest BCUT2D eigenvalue weighted by molar-refractivity contribution is -0.113. The Morgan fingerprint density at radius 1 is 1.39 bits per heavy atom. The fraction of sp³-hybridized carbons (Fsp3) is 0.333. The molecule has 10 heteroatoms. The van der Waals surface area contributed by atoms with Crippen molar-refractivity contribution in [3.63, 3.8) is 0 Å². The number of aromatic nitrogens is 4. The Morgan fingerprint density at radius 2 is 2.18 bits per heavy atom. The Kier molecular flexibility index (Phi) is 6.58. The number of para-hydroxylation sites is 1. The summed E-state index contributed by atoms with van der Waals surface area (Å²) in [6, 6.07) is 8.92. The van der Waals surface area contributed by atoms with Gasteiger partial charge in [-0.3, -0.25) is 4.79 Å². The van der Waals surface area contributed by atoms with Crippen LogP contribution in [0.5, 0.6) is 5.75 Å². The van der Waals surface area contributed by atoms with Gasteiger partial charge in [0, 0.05) is 12.6 Å². The van der Waals surface area contributed by atoms with Gasteiger partial charge in [0.25, 0.3) is 0 Å². The second-order valence-corrected chi connectivity index (χ2v) is 7.28. The second-order valence-electron chi connectivity index (χ2n) is 5.94. The molecule has 1 amide bonds. The number of amides is 1. The Balaban J connectivity index is 1.64. The van der Waals surface area contributed by atoms with Crippen molar-refractivity contribution in [3.8, 4) is 5.75 Å². The summed E-state index contributed by atoms with van der Waals surface area (Å²) in [5.74, 6) is 2.24. The first-order valence-electron chi connectivity index (χ1n) is 8.68. The number of nitrogens with zero attached hydrogens (tertiary/aromatic N) is 4. The van der Waals surface area contributed by atoms with Crippen LogP contribution in [0.15, 0.2) is 40.0 Å². The van der Waals surface area contributed by atoms with Crippen molar-refractivity contribution in [1.29, 1.82) is 0 Å². The first-order chi connectivity index (χ1) is 13.5. The minimum absolute atomic E-state index is 0.170. The fourth-order valence-electron chi connectivity index (χ4n) is 2.52. The average molecular weight is 422 g/mol. The van der Waals surface area contributed by atoms with Crippen molar-refractivity contribution in [3.05, 3.63) is 46.9 Å². The number of carbonyl (C=O) groups excluding carboxylic acids is 1. The van der Waals surface area contributed by atoms with Crippen molar-refractivity contribution in [2.75, 3.05) is 11.1 Å². The molecular weight excluding hydrogens is 402 g/mol. The lowest BCUT2D eigenvalue weighted by Crippen LogP contribution is -2.15. The van der Waals surface area contributed by atoms with Gasteiger partial charge < -0.3 is 19.1 Å². The van der Waals surface area contributed by atoms with E-state index in [1.807, 2.05) is 30.5 Å². The van der Waals surface area contributed by atoms with Crippen LogP contribution in [0.3, 0.4) is 0 Å². The number of anilines is 1. The number of halogens is 1. The lowest BCUT2D eigenvalue weighted by Gasteiger charge is -2.16. The summed E-state index contributed by atoms with van der Waals surface area (Å²) in [4.78, 5) is 12.1. The monoisotopic (exact) mass is 421 g/mol. The van der Waals surface area contributed by atoms with E-state index in [1.54, 1.807) is 25.1 Å². The number of thioether (sulfide) groups is 1. The molecule has 0 spiro atoms. The molecule has 3 rings (SSSR count). The number of hydrogen-bond acceptors (Lipinski definition) is 7. The topological polar surface area (TPSA) is 95.1 Å². The number of carbonyl (C=O) groups is 1. The molecule has 2 aromatic heterocycles. The van der Waals surface area contributed by atoms with Gasteiger partial charge in [0.15, 0.2) is 22.9 Å². The summed E-state index contributed by atoms with van der Waals surface area (Å²) in [5.41, 5.74) is 0. The normalized spacial score (nSPS) is 12.0. The quantitative estimate of drug-likeness (QED) is 0.546. The minimum atomic E-state index is -0.353. The summed E-state index contributed by atoms with van der Waals surface area (Å²) < 4.78 is 12.8.